The molecule has 1 N–H and O–H groups in total. The highest BCUT2D eigenvalue weighted by molar-refractivity contribution is 6.00. The van der Waals surface area contributed by atoms with Gasteiger partial charge in [0.1, 0.15) is 17.1 Å². The molecule has 1 aromatic carbocycles. The molecule has 0 heterocycles. The van der Waals surface area contributed by atoms with Gasteiger partial charge in [0.2, 0.25) is 0 Å². The smallest absolute Gasteiger partial charge is 0.341 e. The van der Waals surface area contributed by atoms with Gasteiger partial charge in [-0.15, -0.1) is 0 Å². The fourth-order valence-corrected chi connectivity index (χ4v) is 1.01. The van der Waals surface area contributed by atoms with E-state index in [4.69, 9.17) is 5.11 Å². The van der Waals surface area contributed by atoms with Gasteiger partial charge in [0.05, 0.1) is 12.7 Å². The first-order valence-electron chi connectivity index (χ1n) is 3.66. The van der Waals surface area contributed by atoms with Crippen LogP contribution in [0.25, 0.3) is 0 Å². The summed E-state index contributed by atoms with van der Waals surface area (Å²) in [5, 5.41) is 9.15. The summed E-state index contributed by atoms with van der Waals surface area (Å²) in [4.78, 5) is 21.5. The van der Waals surface area contributed by atoms with Crippen molar-refractivity contribution in [3.8, 4) is 5.75 Å². The molecule has 0 amide bonds. The van der Waals surface area contributed by atoms with Crippen LogP contribution in [-0.4, -0.2) is 24.5 Å². The number of rotatable bonds is 2. The van der Waals surface area contributed by atoms with Crippen molar-refractivity contribution >= 4 is 12.3 Å². The number of carbonyl (C=O) groups excluding carboxylic acids is 2. The molecule has 0 aliphatic rings. The number of methoxy groups -OCH3 is 1. The summed E-state index contributed by atoms with van der Waals surface area (Å²) in [5.74, 6) is -2.36. The first-order valence-corrected chi connectivity index (χ1v) is 3.66. The second kappa shape index (κ2) is 3.87. The van der Waals surface area contributed by atoms with Crippen LogP contribution in [0.4, 0.5) is 4.39 Å². The molecular weight excluding hydrogens is 191 g/mol. The molecular formula is C9H7FO4. The number of esters is 1. The van der Waals surface area contributed by atoms with E-state index in [1.165, 1.54) is 0 Å². The zero-order valence-electron chi connectivity index (χ0n) is 7.28. The molecule has 0 bridgehead atoms. The van der Waals surface area contributed by atoms with Gasteiger partial charge < -0.3 is 9.84 Å². The number of benzene rings is 1. The minimum absolute atomic E-state index is 0.199. The number of halogens is 1. The standard InChI is InChI=1S/C9H7FO4/c1-14-9(13)8-5(4-11)7(12)3-2-6(8)10/h2-4,12H,1H3. The summed E-state index contributed by atoms with van der Waals surface area (Å²) in [6, 6.07) is 1.88. The summed E-state index contributed by atoms with van der Waals surface area (Å²) in [6.45, 7) is 0. The van der Waals surface area contributed by atoms with Gasteiger partial charge >= 0.3 is 5.97 Å². The van der Waals surface area contributed by atoms with Crippen molar-refractivity contribution in [2.75, 3.05) is 7.11 Å². The van der Waals surface area contributed by atoms with Crippen LogP contribution in [0.5, 0.6) is 5.75 Å². The van der Waals surface area contributed by atoms with Crippen LogP contribution in [0, 0.1) is 5.82 Å². The zero-order chi connectivity index (χ0) is 10.7. The lowest BCUT2D eigenvalue weighted by Gasteiger charge is -2.05. The molecule has 0 spiro atoms. The Kier molecular flexibility index (Phi) is 2.81. The monoisotopic (exact) mass is 198 g/mol. The van der Waals surface area contributed by atoms with Crippen molar-refractivity contribution in [2.24, 2.45) is 0 Å². The van der Waals surface area contributed by atoms with Crippen LogP contribution in [0.3, 0.4) is 0 Å². The van der Waals surface area contributed by atoms with Gasteiger partial charge in [-0.1, -0.05) is 0 Å². The van der Waals surface area contributed by atoms with Gasteiger partial charge in [0, 0.05) is 0 Å². The zero-order valence-corrected chi connectivity index (χ0v) is 7.28. The molecule has 0 fully saturated rings. The maximum atomic E-state index is 13.1. The Morgan fingerprint density at radius 1 is 1.57 bits per heavy atom. The minimum Gasteiger partial charge on any atom is -0.507 e. The van der Waals surface area contributed by atoms with E-state index in [9.17, 15) is 14.0 Å². The van der Waals surface area contributed by atoms with Gasteiger partial charge in [0.15, 0.2) is 6.29 Å². The van der Waals surface area contributed by atoms with Crippen LogP contribution < -0.4 is 0 Å². The van der Waals surface area contributed by atoms with E-state index in [1.807, 2.05) is 0 Å². The number of ether oxygens (including phenoxy) is 1. The third-order valence-corrected chi connectivity index (χ3v) is 1.68. The number of hydrogen-bond acceptors (Lipinski definition) is 4. The molecule has 14 heavy (non-hydrogen) atoms. The van der Waals surface area contributed by atoms with E-state index < -0.39 is 28.7 Å². The highest BCUT2D eigenvalue weighted by Gasteiger charge is 2.19. The Morgan fingerprint density at radius 3 is 2.71 bits per heavy atom. The van der Waals surface area contributed by atoms with E-state index >= 15 is 0 Å². The van der Waals surface area contributed by atoms with Gasteiger partial charge in [-0.25, -0.2) is 9.18 Å². The lowest BCUT2D eigenvalue weighted by Crippen LogP contribution is -2.08. The molecule has 0 atom stereocenters. The van der Waals surface area contributed by atoms with Crippen molar-refractivity contribution in [1.29, 1.82) is 0 Å². The SMILES string of the molecule is COC(=O)c1c(F)ccc(O)c1C=O. The van der Waals surface area contributed by atoms with Gasteiger partial charge in [-0.3, -0.25) is 4.79 Å². The third-order valence-electron chi connectivity index (χ3n) is 1.68. The molecule has 74 valence electrons. The first kappa shape index (κ1) is 10.2. The van der Waals surface area contributed by atoms with E-state index in [1.54, 1.807) is 0 Å². The molecule has 0 aromatic heterocycles. The van der Waals surface area contributed by atoms with Crippen molar-refractivity contribution in [1.82, 2.24) is 0 Å². The lowest BCUT2D eigenvalue weighted by molar-refractivity contribution is 0.0592. The summed E-state index contributed by atoms with van der Waals surface area (Å²) in [5.41, 5.74) is -0.959. The Balaban J connectivity index is 3.44. The summed E-state index contributed by atoms with van der Waals surface area (Å²) < 4.78 is 17.3. The topological polar surface area (TPSA) is 63.6 Å². The Hall–Kier alpha value is -1.91. The second-order valence-electron chi connectivity index (χ2n) is 2.46. The van der Waals surface area contributed by atoms with Gasteiger partial charge in [-0.05, 0) is 12.1 Å². The van der Waals surface area contributed by atoms with E-state index in [-0.39, 0.29) is 6.29 Å². The molecule has 0 aliphatic heterocycles. The second-order valence-corrected chi connectivity index (χ2v) is 2.46. The van der Waals surface area contributed by atoms with Crippen LogP contribution in [0.2, 0.25) is 0 Å². The van der Waals surface area contributed by atoms with Gasteiger partial charge in [0.25, 0.3) is 0 Å². The molecule has 0 radical (unpaired) electrons. The Labute approximate surface area is 78.9 Å². The van der Waals surface area contributed by atoms with Crippen molar-refractivity contribution in [3.63, 3.8) is 0 Å². The summed E-state index contributed by atoms with van der Waals surface area (Å²) >= 11 is 0. The number of aromatic hydroxyl groups is 1. The van der Waals surface area contributed by atoms with Crippen LogP contribution in [0.1, 0.15) is 20.7 Å². The van der Waals surface area contributed by atoms with E-state index in [2.05, 4.69) is 4.74 Å². The quantitative estimate of drug-likeness (QED) is 0.571. The van der Waals surface area contributed by atoms with Crippen LogP contribution >= 0.6 is 0 Å². The molecule has 0 aliphatic carbocycles. The number of hydrogen-bond donors (Lipinski definition) is 1. The molecule has 0 saturated carbocycles. The van der Waals surface area contributed by atoms with Crippen molar-refractivity contribution in [2.45, 2.75) is 0 Å². The molecule has 0 unspecified atom stereocenters. The highest BCUT2D eigenvalue weighted by Crippen LogP contribution is 2.22. The molecule has 1 aromatic rings. The fourth-order valence-electron chi connectivity index (χ4n) is 1.01. The predicted molar refractivity (Wildman–Crippen MR) is 44.8 cm³/mol. The largest absolute Gasteiger partial charge is 0.507 e. The maximum absolute atomic E-state index is 13.1. The van der Waals surface area contributed by atoms with Gasteiger partial charge in [-0.2, -0.15) is 0 Å². The average Bonchev–Trinajstić information content (AvgIpc) is 2.19. The normalized spacial score (nSPS) is 9.57. The summed E-state index contributed by atoms with van der Waals surface area (Å²) in [6.07, 6.45) is 0.199. The first-order chi connectivity index (χ1) is 6.61. The van der Waals surface area contributed by atoms with E-state index in [0.29, 0.717) is 0 Å². The average molecular weight is 198 g/mol. The lowest BCUT2D eigenvalue weighted by atomic mass is 10.1. The highest BCUT2D eigenvalue weighted by atomic mass is 19.1. The van der Waals surface area contributed by atoms with Crippen molar-refractivity contribution < 1.29 is 23.8 Å². The number of aldehydes is 1. The predicted octanol–water partition coefficient (Wildman–Crippen LogP) is 1.13. The maximum Gasteiger partial charge on any atom is 0.341 e. The number of phenolic OH excluding ortho intramolecular Hbond substituents is 1. The minimum atomic E-state index is -1.000. The molecule has 4 nitrogen and oxygen atoms in total. The molecule has 5 heteroatoms. The molecule has 0 saturated heterocycles. The number of carbonyl (C=O) groups is 2. The van der Waals surface area contributed by atoms with Crippen LogP contribution in [0.15, 0.2) is 12.1 Å². The number of phenols is 1. The van der Waals surface area contributed by atoms with Crippen molar-refractivity contribution in [3.05, 3.63) is 29.1 Å². The third kappa shape index (κ3) is 1.56. The molecule has 1 rings (SSSR count). The Bertz CT molecular complexity index is 387. The fraction of sp³-hybridized carbons (Fsp3) is 0.111. The van der Waals surface area contributed by atoms with E-state index in [0.717, 1.165) is 19.2 Å². The Morgan fingerprint density at radius 2 is 2.21 bits per heavy atom. The summed E-state index contributed by atoms with van der Waals surface area (Å²) in [7, 11) is 1.06. The van der Waals surface area contributed by atoms with Crippen LogP contribution in [-0.2, 0) is 4.74 Å².